The molecule has 2 aromatic carbocycles. The summed E-state index contributed by atoms with van der Waals surface area (Å²) in [5, 5.41) is 12.5. The number of fused-ring (bicyclic) bond motifs is 1. The van der Waals surface area contributed by atoms with Gasteiger partial charge in [-0.25, -0.2) is 0 Å². The minimum Gasteiger partial charge on any atom is -0.489 e. The summed E-state index contributed by atoms with van der Waals surface area (Å²) in [6.07, 6.45) is 2.24. The maximum atomic E-state index is 12.4. The van der Waals surface area contributed by atoms with Gasteiger partial charge in [0.1, 0.15) is 11.6 Å². The van der Waals surface area contributed by atoms with Crippen LogP contribution in [0.25, 0.3) is 6.08 Å². The van der Waals surface area contributed by atoms with Crippen LogP contribution < -0.4 is 14.8 Å². The van der Waals surface area contributed by atoms with Crippen molar-refractivity contribution in [3.8, 4) is 17.6 Å². The summed E-state index contributed by atoms with van der Waals surface area (Å²) < 4.78 is 11.2. The molecule has 1 aliphatic heterocycles. The third-order valence-electron chi connectivity index (χ3n) is 3.81. The van der Waals surface area contributed by atoms with Crippen LogP contribution in [0.3, 0.4) is 0 Å². The molecule has 0 unspecified atom stereocenters. The molecule has 5 nitrogen and oxygen atoms in total. The first-order valence-electron chi connectivity index (χ1n) is 8.16. The Labute approximate surface area is 156 Å². The fourth-order valence-electron chi connectivity index (χ4n) is 2.48. The summed E-state index contributed by atoms with van der Waals surface area (Å²) in [5.41, 5.74) is 2.27. The largest absolute Gasteiger partial charge is 0.489 e. The van der Waals surface area contributed by atoms with Crippen molar-refractivity contribution >= 4 is 29.3 Å². The van der Waals surface area contributed by atoms with Crippen molar-refractivity contribution in [3.63, 3.8) is 0 Å². The lowest BCUT2D eigenvalue weighted by Crippen LogP contribution is -2.13. The average molecular weight is 369 g/mol. The van der Waals surface area contributed by atoms with Gasteiger partial charge in [0.15, 0.2) is 11.5 Å². The Hall–Kier alpha value is -2.97. The minimum atomic E-state index is -0.486. The zero-order valence-electron chi connectivity index (χ0n) is 14.2. The first-order chi connectivity index (χ1) is 12.6. The number of nitrogens with one attached hydrogen (secondary N) is 1. The minimum absolute atomic E-state index is 0.0314. The van der Waals surface area contributed by atoms with Crippen LogP contribution in [0.15, 0.2) is 42.0 Å². The molecule has 2 aromatic rings. The average Bonchev–Trinajstić information content (AvgIpc) is 2.87. The first kappa shape index (κ1) is 17.8. The van der Waals surface area contributed by atoms with Gasteiger partial charge in [-0.2, -0.15) is 5.26 Å². The predicted molar refractivity (Wildman–Crippen MR) is 100 cm³/mol. The Balaban J connectivity index is 1.85. The Morgan fingerprint density at radius 2 is 1.96 bits per heavy atom. The fraction of sp³-hybridized carbons (Fsp3) is 0.200. The van der Waals surface area contributed by atoms with Gasteiger partial charge in [0.2, 0.25) is 0 Å². The molecule has 0 saturated carbocycles. The van der Waals surface area contributed by atoms with E-state index >= 15 is 0 Å². The molecule has 1 N–H and O–H groups in total. The van der Waals surface area contributed by atoms with Crippen molar-refractivity contribution in [2.45, 2.75) is 13.3 Å². The highest BCUT2D eigenvalue weighted by atomic mass is 35.5. The molecule has 1 amide bonds. The van der Waals surface area contributed by atoms with E-state index in [-0.39, 0.29) is 5.57 Å². The van der Waals surface area contributed by atoms with Crippen LogP contribution in [0.2, 0.25) is 5.02 Å². The number of ether oxygens (including phenoxy) is 2. The van der Waals surface area contributed by atoms with Gasteiger partial charge >= 0.3 is 0 Å². The Bertz CT molecular complexity index is 899. The zero-order valence-corrected chi connectivity index (χ0v) is 15.0. The van der Waals surface area contributed by atoms with E-state index in [0.29, 0.717) is 41.0 Å². The SMILES string of the molecule is Cc1ccc(NC(=O)/C(C#N)=C/c2cc(Cl)c3c(c2)OCCCO3)cc1. The molecule has 3 rings (SSSR count). The highest BCUT2D eigenvalue weighted by Crippen LogP contribution is 2.38. The van der Waals surface area contributed by atoms with Crippen molar-refractivity contribution in [1.29, 1.82) is 5.26 Å². The molecule has 1 heterocycles. The monoisotopic (exact) mass is 368 g/mol. The third-order valence-corrected chi connectivity index (χ3v) is 4.09. The van der Waals surface area contributed by atoms with Gasteiger partial charge in [-0.3, -0.25) is 4.79 Å². The number of hydrogen-bond donors (Lipinski definition) is 1. The van der Waals surface area contributed by atoms with Gasteiger partial charge in [0, 0.05) is 12.1 Å². The molecule has 0 spiro atoms. The van der Waals surface area contributed by atoms with E-state index < -0.39 is 5.91 Å². The van der Waals surface area contributed by atoms with E-state index in [9.17, 15) is 10.1 Å². The van der Waals surface area contributed by atoms with Gasteiger partial charge in [0.05, 0.1) is 18.2 Å². The summed E-state index contributed by atoms with van der Waals surface area (Å²) >= 11 is 6.25. The second kappa shape index (κ2) is 7.94. The number of rotatable bonds is 3. The Morgan fingerprint density at radius 3 is 2.69 bits per heavy atom. The molecule has 0 bridgehead atoms. The molecule has 0 aromatic heterocycles. The lowest BCUT2D eigenvalue weighted by atomic mass is 10.1. The number of amides is 1. The van der Waals surface area contributed by atoms with Crippen LogP contribution in [0.4, 0.5) is 5.69 Å². The van der Waals surface area contributed by atoms with Crippen LogP contribution in [-0.4, -0.2) is 19.1 Å². The Kier molecular flexibility index (Phi) is 5.45. The number of nitriles is 1. The highest BCUT2D eigenvalue weighted by molar-refractivity contribution is 6.32. The third kappa shape index (κ3) is 4.16. The van der Waals surface area contributed by atoms with E-state index in [1.165, 1.54) is 6.08 Å². The molecule has 132 valence electrons. The highest BCUT2D eigenvalue weighted by Gasteiger charge is 2.16. The van der Waals surface area contributed by atoms with E-state index in [0.717, 1.165) is 12.0 Å². The summed E-state index contributed by atoms with van der Waals surface area (Å²) in [4.78, 5) is 12.4. The number of halogens is 1. The molecule has 6 heteroatoms. The molecule has 0 atom stereocenters. The van der Waals surface area contributed by atoms with Gasteiger partial charge in [-0.15, -0.1) is 0 Å². The van der Waals surface area contributed by atoms with Gasteiger partial charge in [-0.1, -0.05) is 29.3 Å². The second-order valence-corrected chi connectivity index (χ2v) is 6.28. The molecule has 0 fully saturated rings. The molecular weight excluding hydrogens is 352 g/mol. The van der Waals surface area contributed by atoms with Crippen LogP contribution in [-0.2, 0) is 4.79 Å². The van der Waals surface area contributed by atoms with Crippen molar-refractivity contribution in [2.24, 2.45) is 0 Å². The summed E-state index contributed by atoms with van der Waals surface area (Å²) in [6, 6.07) is 12.6. The number of nitrogens with zero attached hydrogens (tertiary/aromatic N) is 1. The lowest BCUT2D eigenvalue weighted by molar-refractivity contribution is -0.112. The van der Waals surface area contributed by atoms with Crippen LogP contribution in [0, 0.1) is 18.3 Å². The number of carbonyl (C=O) groups excluding carboxylic acids is 1. The maximum absolute atomic E-state index is 12.4. The zero-order chi connectivity index (χ0) is 18.5. The van der Waals surface area contributed by atoms with E-state index in [4.69, 9.17) is 21.1 Å². The lowest BCUT2D eigenvalue weighted by Gasteiger charge is -2.10. The smallest absolute Gasteiger partial charge is 0.266 e. The van der Waals surface area contributed by atoms with Gasteiger partial charge in [0.25, 0.3) is 5.91 Å². The molecule has 0 aliphatic carbocycles. The predicted octanol–water partition coefficient (Wildman–Crippen LogP) is 4.36. The van der Waals surface area contributed by atoms with Crippen molar-refractivity contribution in [3.05, 3.63) is 58.1 Å². The maximum Gasteiger partial charge on any atom is 0.266 e. The molecule has 0 saturated heterocycles. The summed E-state index contributed by atoms with van der Waals surface area (Å²) in [6.45, 7) is 3.01. The van der Waals surface area contributed by atoms with Crippen LogP contribution >= 0.6 is 11.6 Å². The topological polar surface area (TPSA) is 71.4 Å². The number of anilines is 1. The standard InChI is InChI=1S/C20H17ClN2O3/c1-13-3-5-16(6-4-13)23-20(24)15(12-22)9-14-10-17(21)19-18(11-14)25-7-2-8-26-19/h3-6,9-11H,2,7-8H2,1H3,(H,23,24)/b15-9+. The number of carbonyl (C=O) groups is 1. The van der Waals surface area contributed by atoms with Crippen molar-refractivity contribution in [2.75, 3.05) is 18.5 Å². The fourth-order valence-corrected chi connectivity index (χ4v) is 2.76. The number of hydrogen-bond acceptors (Lipinski definition) is 4. The first-order valence-corrected chi connectivity index (χ1v) is 8.53. The Morgan fingerprint density at radius 1 is 1.23 bits per heavy atom. The molecule has 1 aliphatic rings. The molecule has 0 radical (unpaired) electrons. The van der Waals surface area contributed by atoms with E-state index in [2.05, 4.69) is 5.32 Å². The van der Waals surface area contributed by atoms with Crippen molar-refractivity contribution in [1.82, 2.24) is 0 Å². The number of benzene rings is 2. The van der Waals surface area contributed by atoms with Gasteiger partial charge < -0.3 is 14.8 Å². The second-order valence-electron chi connectivity index (χ2n) is 5.87. The molecular formula is C20H17ClN2O3. The van der Waals surface area contributed by atoms with E-state index in [1.807, 2.05) is 25.1 Å². The quantitative estimate of drug-likeness (QED) is 0.645. The van der Waals surface area contributed by atoms with Crippen LogP contribution in [0.1, 0.15) is 17.5 Å². The summed E-state index contributed by atoms with van der Waals surface area (Å²) in [7, 11) is 0. The van der Waals surface area contributed by atoms with Crippen LogP contribution in [0.5, 0.6) is 11.5 Å². The van der Waals surface area contributed by atoms with Crippen molar-refractivity contribution < 1.29 is 14.3 Å². The van der Waals surface area contributed by atoms with E-state index in [1.54, 1.807) is 24.3 Å². The normalized spacial score (nSPS) is 13.5. The summed E-state index contributed by atoms with van der Waals surface area (Å²) in [5.74, 6) is 0.515. The molecule has 26 heavy (non-hydrogen) atoms. The number of aryl methyl sites for hydroxylation is 1. The van der Waals surface area contributed by atoms with Gasteiger partial charge in [-0.05, 0) is 42.8 Å².